The van der Waals surface area contributed by atoms with Crippen LogP contribution in [0.25, 0.3) is 10.9 Å². The fourth-order valence-corrected chi connectivity index (χ4v) is 3.08. The average molecular weight is 392 g/mol. The van der Waals surface area contributed by atoms with Crippen molar-refractivity contribution in [2.45, 2.75) is 19.4 Å². The molecule has 8 nitrogen and oxygen atoms in total. The molecule has 0 unspecified atom stereocenters. The Balaban J connectivity index is 1.74. The van der Waals surface area contributed by atoms with E-state index in [2.05, 4.69) is 32.6 Å². The Hall–Kier alpha value is -3.68. The standard InChI is InChI=1S/C21H24N6O2/c1-4-19(28)22-11-10-17-20-16(13-23-27(20)3)12-18(25-17)26-21(29)24-14(2)15-8-6-5-7-9-15/h4-9,12-14H,1,10-11H2,2-3H3,(H,22,28)(H2,24,25,26,29)/t14-/m1/s1. The van der Waals surface area contributed by atoms with Crippen LogP contribution in [-0.4, -0.2) is 33.2 Å². The lowest BCUT2D eigenvalue weighted by Crippen LogP contribution is -2.31. The molecule has 3 amide bonds. The van der Waals surface area contributed by atoms with Crippen LogP contribution in [0.5, 0.6) is 0 Å². The van der Waals surface area contributed by atoms with Gasteiger partial charge in [0.25, 0.3) is 0 Å². The first-order valence-electron chi connectivity index (χ1n) is 9.32. The predicted octanol–water partition coefficient (Wildman–Crippen LogP) is 2.70. The molecule has 8 heteroatoms. The van der Waals surface area contributed by atoms with E-state index in [0.717, 1.165) is 22.2 Å². The van der Waals surface area contributed by atoms with E-state index in [0.29, 0.717) is 18.8 Å². The first-order valence-corrected chi connectivity index (χ1v) is 9.32. The highest BCUT2D eigenvalue weighted by molar-refractivity contribution is 5.92. The van der Waals surface area contributed by atoms with Crippen LogP contribution in [0.2, 0.25) is 0 Å². The molecule has 1 aromatic carbocycles. The summed E-state index contributed by atoms with van der Waals surface area (Å²) >= 11 is 0. The smallest absolute Gasteiger partial charge is 0.320 e. The number of benzene rings is 1. The molecule has 3 rings (SSSR count). The number of hydrogen-bond donors (Lipinski definition) is 3. The number of carbonyl (C=O) groups excluding carboxylic acids is 2. The summed E-state index contributed by atoms with van der Waals surface area (Å²) < 4.78 is 1.73. The molecule has 0 spiro atoms. The summed E-state index contributed by atoms with van der Waals surface area (Å²) in [4.78, 5) is 28.4. The minimum absolute atomic E-state index is 0.146. The normalized spacial score (nSPS) is 11.7. The molecular formula is C21H24N6O2. The number of nitrogens with one attached hydrogen (secondary N) is 3. The number of urea groups is 1. The fourth-order valence-electron chi connectivity index (χ4n) is 3.08. The van der Waals surface area contributed by atoms with Gasteiger partial charge < -0.3 is 10.6 Å². The van der Waals surface area contributed by atoms with Crippen molar-refractivity contribution in [1.82, 2.24) is 25.4 Å². The Morgan fingerprint density at radius 1 is 1.28 bits per heavy atom. The quantitative estimate of drug-likeness (QED) is 0.538. The van der Waals surface area contributed by atoms with Crippen molar-refractivity contribution in [3.63, 3.8) is 0 Å². The van der Waals surface area contributed by atoms with E-state index in [1.807, 2.05) is 44.3 Å². The number of carbonyl (C=O) groups is 2. The van der Waals surface area contributed by atoms with Gasteiger partial charge >= 0.3 is 6.03 Å². The third kappa shape index (κ3) is 4.98. The maximum absolute atomic E-state index is 12.4. The van der Waals surface area contributed by atoms with Crippen molar-refractivity contribution < 1.29 is 9.59 Å². The Kier molecular flexibility index (Phi) is 6.23. The van der Waals surface area contributed by atoms with E-state index < -0.39 is 0 Å². The molecule has 29 heavy (non-hydrogen) atoms. The minimum atomic E-state index is -0.344. The number of aryl methyl sites for hydroxylation is 1. The minimum Gasteiger partial charge on any atom is -0.352 e. The molecule has 150 valence electrons. The number of pyridine rings is 1. The van der Waals surface area contributed by atoms with Crippen molar-refractivity contribution in [1.29, 1.82) is 0 Å². The first kappa shape index (κ1) is 20.1. The first-order chi connectivity index (χ1) is 14.0. The van der Waals surface area contributed by atoms with Crippen LogP contribution >= 0.6 is 0 Å². The van der Waals surface area contributed by atoms with Gasteiger partial charge in [-0.3, -0.25) is 14.8 Å². The second kappa shape index (κ2) is 9.01. The summed E-state index contributed by atoms with van der Waals surface area (Å²) in [5, 5.41) is 13.6. The highest BCUT2D eigenvalue weighted by Crippen LogP contribution is 2.21. The monoisotopic (exact) mass is 392 g/mol. The van der Waals surface area contributed by atoms with Crippen molar-refractivity contribution in [2.24, 2.45) is 7.05 Å². The summed E-state index contributed by atoms with van der Waals surface area (Å²) in [7, 11) is 1.83. The van der Waals surface area contributed by atoms with Crippen molar-refractivity contribution >= 4 is 28.7 Å². The number of amides is 3. The fraction of sp³-hybridized carbons (Fsp3) is 0.238. The van der Waals surface area contributed by atoms with Crippen molar-refractivity contribution in [3.05, 3.63) is 66.5 Å². The third-order valence-electron chi connectivity index (χ3n) is 4.52. The van der Waals surface area contributed by atoms with Crippen molar-refractivity contribution in [3.8, 4) is 0 Å². The lowest BCUT2D eigenvalue weighted by molar-refractivity contribution is -0.116. The SMILES string of the molecule is C=CC(=O)NCCc1nc(NC(=O)N[C@H](C)c2ccccc2)cc2cnn(C)c12. The molecular weight excluding hydrogens is 368 g/mol. The molecule has 0 saturated heterocycles. The number of anilines is 1. The molecule has 3 aromatic rings. The number of nitrogens with zero attached hydrogens (tertiary/aromatic N) is 3. The molecule has 0 aliphatic carbocycles. The second-order valence-corrected chi connectivity index (χ2v) is 6.64. The van der Waals surface area contributed by atoms with E-state index in [-0.39, 0.29) is 18.0 Å². The lowest BCUT2D eigenvalue weighted by Gasteiger charge is -2.15. The van der Waals surface area contributed by atoms with Gasteiger partial charge in [-0.1, -0.05) is 36.9 Å². The van der Waals surface area contributed by atoms with Crippen LogP contribution in [0.15, 0.2) is 55.3 Å². The Morgan fingerprint density at radius 3 is 2.76 bits per heavy atom. The van der Waals surface area contributed by atoms with Gasteiger partial charge in [0.15, 0.2) is 0 Å². The summed E-state index contributed by atoms with van der Waals surface area (Å²) in [5.74, 6) is 0.183. The summed E-state index contributed by atoms with van der Waals surface area (Å²) in [6.07, 6.45) is 3.44. The molecule has 2 heterocycles. The number of hydrogen-bond acceptors (Lipinski definition) is 4. The van der Waals surface area contributed by atoms with Crippen LogP contribution in [0.3, 0.4) is 0 Å². The average Bonchev–Trinajstić information content (AvgIpc) is 3.09. The van der Waals surface area contributed by atoms with Crippen LogP contribution in [0.4, 0.5) is 10.6 Å². The summed E-state index contributed by atoms with van der Waals surface area (Å²) in [6, 6.07) is 11.0. The van der Waals surface area contributed by atoms with Crippen LogP contribution in [0.1, 0.15) is 24.2 Å². The van der Waals surface area contributed by atoms with Crippen LogP contribution in [-0.2, 0) is 18.3 Å². The van der Waals surface area contributed by atoms with Gasteiger partial charge in [0.2, 0.25) is 5.91 Å². The van der Waals surface area contributed by atoms with Gasteiger partial charge in [-0.2, -0.15) is 5.10 Å². The second-order valence-electron chi connectivity index (χ2n) is 6.64. The molecule has 1 atom stereocenters. The number of rotatable bonds is 7. The zero-order valence-electron chi connectivity index (χ0n) is 16.5. The van der Waals surface area contributed by atoms with Crippen LogP contribution < -0.4 is 16.0 Å². The summed E-state index contributed by atoms with van der Waals surface area (Å²) in [6.45, 7) is 5.76. The van der Waals surface area contributed by atoms with E-state index in [1.54, 1.807) is 16.9 Å². The van der Waals surface area contributed by atoms with Crippen molar-refractivity contribution in [2.75, 3.05) is 11.9 Å². The van der Waals surface area contributed by atoms with Gasteiger partial charge in [-0.25, -0.2) is 9.78 Å². The Labute approximate surface area is 169 Å². The maximum atomic E-state index is 12.4. The molecule has 2 aromatic heterocycles. The molecule has 0 radical (unpaired) electrons. The van der Waals surface area contributed by atoms with E-state index >= 15 is 0 Å². The maximum Gasteiger partial charge on any atom is 0.320 e. The lowest BCUT2D eigenvalue weighted by atomic mass is 10.1. The largest absolute Gasteiger partial charge is 0.352 e. The molecule has 0 aliphatic heterocycles. The number of aromatic nitrogens is 3. The highest BCUT2D eigenvalue weighted by atomic mass is 16.2. The third-order valence-corrected chi connectivity index (χ3v) is 4.52. The molecule has 0 fully saturated rings. The van der Waals surface area contributed by atoms with Gasteiger partial charge in [-0.15, -0.1) is 0 Å². The van der Waals surface area contributed by atoms with Gasteiger partial charge in [0.05, 0.1) is 23.4 Å². The Bertz CT molecular complexity index is 1030. The number of fused-ring (bicyclic) bond motifs is 1. The highest BCUT2D eigenvalue weighted by Gasteiger charge is 2.14. The zero-order chi connectivity index (χ0) is 20.8. The summed E-state index contributed by atoms with van der Waals surface area (Å²) in [5.41, 5.74) is 2.61. The van der Waals surface area contributed by atoms with E-state index in [1.165, 1.54) is 6.08 Å². The molecule has 0 bridgehead atoms. The van der Waals surface area contributed by atoms with Gasteiger partial charge in [-0.05, 0) is 24.6 Å². The topological polar surface area (TPSA) is 101 Å². The predicted molar refractivity (Wildman–Crippen MR) is 112 cm³/mol. The molecule has 3 N–H and O–H groups in total. The van der Waals surface area contributed by atoms with E-state index in [9.17, 15) is 9.59 Å². The van der Waals surface area contributed by atoms with Gasteiger partial charge in [0.1, 0.15) is 5.82 Å². The Morgan fingerprint density at radius 2 is 2.03 bits per heavy atom. The van der Waals surface area contributed by atoms with Gasteiger partial charge in [0, 0.05) is 25.4 Å². The zero-order valence-corrected chi connectivity index (χ0v) is 16.5. The van der Waals surface area contributed by atoms with E-state index in [4.69, 9.17) is 0 Å². The van der Waals surface area contributed by atoms with Crippen LogP contribution in [0, 0.1) is 0 Å². The molecule has 0 saturated carbocycles. The molecule has 0 aliphatic rings.